The van der Waals surface area contributed by atoms with Crippen molar-refractivity contribution in [3.63, 3.8) is 0 Å². The van der Waals surface area contributed by atoms with Crippen LogP contribution in [0.5, 0.6) is 0 Å². The SMILES string of the molecule is N#Cc1cn[nH]c1NC(=O)C12CC3CC(CC(C3)C1)C2. The highest BCUT2D eigenvalue weighted by Gasteiger charge is 2.54. The van der Waals surface area contributed by atoms with Crippen molar-refractivity contribution in [2.24, 2.45) is 23.2 Å². The number of rotatable bonds is 2. The smallest absolute Gasteiger partial charge is 0.231 e. The van der Waals surface area contributed by atoms with Crippen molar-refractivity contribution in [1.29, 1.82) is 5.26 Å². The topological polar surface area (TPSA) is 81.6 Å². The summed E-state index contributed by atoms with van der Waals surface area (Å²) in [5.41, 5.74) is 0.218. The molecule has 1 aromatic heterocycles. The molecule has 5 rings (SSSR count). The van der Waals surface area contributed by atoms with Crippen molar-refractivity contribution in [1.82, 2.24) is 10.2 Å². The summed E-state index contributed by atoms with van der Waals surface area (Å²) in [5, 5.41) is 18.5. The maximum atomic E-state index is 12.8. The van der Waals surface area contributed by atoms with E-state index in [1.54, 1.807) is 0 Å². The first-order valence-corrected chi connectivity index (χ1v) is 7.43. The van der Waals surface area contributed by atoms with Crippen molar-refractivity contribution in [3.8, 4) is 6.07 Å². The van der Waals surface area contributed by atoms with E-state index < -0.39 is 0 Å². The second-order valence-corrected chi connectivity index (χ2v) is 6.92. The predicted molar refractivity (Wildman–Crippen MR) is 72.5 cm³/mol. The van der Waals surface area contributed by atoms with Crippen LogP contribution in [0.15, 0.2) is 6.20 Å². The molecule has 0 aliphatic heterocycles. The molecule has 5 nitrogen and oxygen atoms in total. The zero-order valence-electron chi connectivity index (χ0n) is 11.4. The van der Waals surface area contributed by atoms with Gasteiger partial charge >= 0.3 is 0 Å². The molecular formula is C15H18N4O. The number of aromatic amines is 1. The van der Waals surface area contributed by atoms with Gasteiger partial charge in [0.25, 0.3) is 0 Å². The fourth-order valence-electron chi connectivity index (χ4n) is 5.10. The molecule has 4 fully saturated rings. The van der Waals surface area contributed by atoms with Crippen molar-refractivity contribution in [2.45, 2.75) is 38.5 Å². The van der Waals surface area contributed by atoms with Crippen LogP contribution in [0.2, 0.25) is 0 Å². The van der Waals surface area contributed by atoms with Gasteiger partial charge in [0.1, 0.15) is 17.5 Å². The minimum Gasteiger partial charge on any atom is -0.309 e. The first kappa shape index (κ1) is 12.0. The van der Waals surface area contributed by atoms with E-state index in [1.165, 1.54) is 25.5 Å². The number of hydrogen-bond donors (Lipinski definition) is 2. The van der Waals surface area contributed by atoms with Gasteiger partial charge in [0.15, 0.2) is 0 Å². The Morgan fingerprint density at radius 1 is 1.30 bits per heavy atom. The summed E-state index contributed by atoms with van der Waals surface area (Å²) >= 11 is 0. The van der Waals surface area contributed by atoms with E-state index in [1.807, 2.05) is 6.07 Å². The van der Waals surface area contributed by atoms with E-state index in [2.05, 4.69) is 15.5 Å². The van der Waals surface area contributed by atoms with Gasteiger partial charge in [0.2, 0.25) is 5.91 Å². The van der Waals surface area contributed by atoms with E-state index in [0.717, 1.165) is 37.0 Å². The summed E-state index contributed by atoms with van der Waals surface area (Å²) in [6, 6.07) is 2.05. The molecule has 0 saturated heterocycles. The first-order valence-electron chi connectivity index (χ1n) is 7.43. The van der Waals surface area contributed by atoms with E-state index in [0.29, 0.717) is 11.4 Å². The van der Waals surface area contributed by atoms with Gasteiger partial charge in [-0.15, -0.1) is 0 Å². The van der Waals surface area contributed by atoms with E-state index in [9.17, 15) is 4.79 Å². The van der Waals surface area contributed by atoms with Crippen LogP contribution in [-0.2, 0) is 4.79 Å². The van der Waals surface area contributed by atoms with Crippen LogP contribution in [0.1, 0.15) is 44.1 Å². The Kier molecular flexibility index (Phi) is 2.44. The van der Waals surface area contributed by atoms with E-state index in [4.69, 9.17) is 5.26 Å². The summed E-state index contributed by atoms with van der Waals surface area (Å²) in [6.07, 6.45) is 8.50. The average Bonchev–Trinajstić information content (AvgIpc) is 2.84. The number of nitriles is 1. The lowest BCUT2D eigenvalue weighted by Crippen LogP contribution is -2.51. The van der Waals surface area contributed by atoms with Gasteiger partial charge < -0.3 is 5.32 Å². The van der Waals surface area contributed by atoms with Gasteiger partial charge in [-0.3, -0.25) is 9.89 Å². The summed E-state index contributed by atoms with van der Waals surface area (Å²) in [5.74, 6) is 2.77. The highest BCUT2D eigenvalue weighted by Crippen LogP contribution is 2.60. The van der Waals surface area contributed by atoms with E-state index in [-0.39, 0.29) is 11.3 Å². The number of carbonyl (C=O) groups excluding carboxylic acids is 1. The largest absolute Gasteiger partial charge is 0.309 e. The third kappa shape index (κ3) is 1.67. The lowest BCUT2D eigenvalue weighted by atomic mass is 9.49. The predicted octanol–water partition coefficient (Wildman–Crippen LogP) is 2.44. The average molecular weight is 270 g/mol. The number of aromatic nitrogens is 2. The number of anilines is 1. The van der Waals surface area contributed by atoms with Crippen LogP contribution in [0.3, 0.4) is 0 Å². The third-order valence-electron chi connectivity index (χ3n) is 5.52. The molecule has 0 radical (unpaired) electrons. The quantitative estimate of drug-likeness (QED) is 0.866. The van der Waals surface area contributed by atoms with Gasteiger partial charge in [-0.25, -0.2) is 0 Å². The van der Waals surface area contributed by atoms with Crippen molar-refractivity contribution < 1.29 is 4.79 Å². The zero-order valence-corrected chi connectivity index (χ0v) is 11.4. The second-order valence-electron chi connectivity index (χ2n) is 6.92. The molecule has 4 aliphatic carbocycles. The molecule has 0 unspecified atom stereocenters. The Morgan fingerprint density at radius 2 is 1.90 bits per heavy atom. The minimum atomic E-state index is -0.188. The number of amides is 1. The number of carbonyl (C=O) groups is 1. The standard InChI is InChI=1S/C15H18N4O/c16-7-12-8-17-19-13(12)18-14(20)15-4-9-1-10(5-15)3-11(2-9)6-15/h8-11H,1-6H2,(H2,17,18,19,20). The van der Waals surface area contributed by atoms with Crippen LogP contribution < -0.4 is 5.32 Å². The Morgan fingerprint density at radius 3 is 2.45 bits per heavy atom. The molecule has 0 spiro atoms. The zero-order chi connectivity index (χ0) is 13.7. The van der Waals surface area contributed by atoms with Crippen molar-refractivity contribution in [2.75, 3.05) is 5.32 Å². The fourth-order valence-corrected chi connectivity index (χ4v) is 5.10. The van der Waals surface area contributed by atoms with Crippen molar-refractivity contribution >= 4 is 11.7 Å². The first-order chi connectivity index (χ1) is 9.68. The Bertz CT molecular complexity index is 562. The van der Waals surface area contributed by atoms with E-state index >= 15 is 0 Å². The summed E-state index contributed by atoms with van der Waals surface area (Å²) in [7, 11) is 0. The van der Waals surface area contributed by atoms with Gasteiger partial charge in [-0.2, -0.15) is 10.4 Å². The second kappa shape index (κ2) is 4.08. The van der Waals surface area contributed by atoms with Gasteiger partial charge in [0.05, 0.1) is 11.6 Å². The van der Waals surface area contributed by atoms with Crippen LogP contribution in [0, 0.1) is 34.5 Å². The monoisotopic (exact) mass is 270 g/mol. The molecule has 5 heteroatoms. The van der Waals surface area contributed by atoms with Gasteiger partial charge in [-0.1, -0.05) is 0 Å². The highest BCUT2D eigenvalue weighted by molar-refractivity contribution is 5.95. The Balaban J connectivity index is 1.58. The van der Waals surface area contributed by atoms with Crippen LogP contribution in [0.4, 0.5) is 5.82 Å². The minimum absolute atomic E-state index is 0.0948. The summed E-state index contributed by atoms with van der Waals surface area (Å²) in [4.78, 5) is 12.8. The van der Waals surface area contributed by atoms with Crippen LogP contribution >= 0.6 is 0 Å². The van der Waals surface area contributed by atoms with Gasteiger partial charge in [0, 0.05) is 0 Å². The molecule has 20 heavy (non-hydrogen) atoms. The number of nitrogens with one attached hydrogen (secondary N) is 2. The number of hydrogen-bond acceptors (Lipinski definition) is 3. The molecule has 1 amide bonds. The Hall–Kier alpha value is -1.83. The van der Waals surface area contributed by atoms with Crippen molar-refractivity contribution in [3.05, 3.63) is 11.8 Å². The summed E-state index contributed by atoms with van der Waals surface area (Å²) in [6.45, 7) is 0. The molecule has 1 heterocycles. The molecule has 0 aromatic carbocycles. The fraction of sp³-hybridized carbons (Fsp3) is 0.667. The number of H-pyrrole nitrogens is 1. The van der Waals surface area contributed by atoms with Crippen LogP contribution in [-0.4, -0.2) is 16.1 Å². The summed E-state index contributed by atoms with van der Waals surface area (Å²) < 4.78 is 0. The maximum absolute atomic E-state index is 12.8. The van der Waals surface area contributed by atoms with Crippen LogP contribution in [0.25, 0.3) is 0 Å². The molecule has 0 atom stereocenters. The molecule has 4 bridgehead atoms. The molecular weight excluding hydrogens is 252 g/mol. The lowest BCUT2D eigenvalue weighted by Gasteiger charge is -2.55. The molecule has 4 aliphatic rings. The maximum Gasteiger partial charge on any atom is 0.231 e. The Labute approximate surface area is 117 Å². The number of nitrogens with zero attached hydrogens (tertiary/aromatic N) is 2. The molecule has 4 saturated carbocycles. The molecule has 2 N–H and O–H groups in total. The molecule has 104 valence electrons. The third-order valence-corrected chi connectivity index (χ3v) is 5.52. The van der Waals surface area contributed by atoms with Gasteiger partial charge in [-0.05, 0) is 56.3 Å². The highest BCUT2D eigenvalue weighted by atomic mass is 16.2. The lowest BCUT2D eigenvalue weighted by molar-refractivity contribution is -0.140. The normalized spacial score (nSPS) is 37.6. The molecule has 1 aromatic rings.